The largest absolute Gasteiger partial charge is 0.481 e. The average molecular weight is 287 g/mol. The number of hydrogen-bond donors (Lipinski definition) is 2. The number of piperidine rings is 1. The van der Waals surface area contributed by atoms with E-state index in [-0.39, 0.29) is 25.3 Å². The molecule has 7 nitrogen and oxygen atoms in total. The number of ether oxygens (including phenoxy) is 1. The van der Waals surface area contributed by atoms with Crippen molar-refractivity contribution in [1.29, 1.82) is 0 Å². The Bertz CT molecular complexity index is 400. The zero-order valence-corrected chi connectivity index (χ0v) is 12.0. The van der Waals surface area contributed by atoms with Crippen LogP contribution in [-0.2, 0) is 14.3 Å². The average Bonchev–Trinajstić information content (AvgIpc) is 2.25. The first kappa shape index (κ1) is 16.3. The second kappa shape index (κ2) is 6.11. The van der Waals surface area contributed by atoms with Gasteiger partial charge in [-0.3, -0.25) is 9.69 Å². The molecule has 0 saturated carbocycles. The number of carboxylic acids is 2. The van der Waals surface area contributed by atoms with Gasteiger partial charge >= 0.3 is 18.0 Å². The highest BCUT2D eigenvalue weighted by Crippen LogP contribution is 2.27. The van der Waals surface area contributed by atoms with Crippen LogP contribution in [0.2, 0.25) is 0 Å². The van der Waals surface area contributed by atoms with Gasteiger partial charge in [0, 0.05) is 13.0 Å². The van der Waals surface area contributed by atoms with Crippen LogP contribution in [0.5, 0.6) is 0 Å². The van der Waals surface area contributed by atoms with Crippen LogP contribution in [0.15, 0.2) is 0 Å². The molecular weight excluding hydrogens is 266 g/mol. The number of rotatable bonds is 3. The number of amides is 1. The number of hydrogen-bond acceptors (Lipinski definition) is 4. The summed E-state index contributed by atoms with van der Waals surface area (Å²) in [6.45, 7) is 5.32. The molecular formula is C13H21NO6. The molecule has 1 heterocycles. The second-order valence-corrected chi connectivity index (χ2v) is 6.02. The van der Waals surface area contributed by atoms with Gasteiger partial charge in [-0.25, -0.2) is 9.59 Å². The van der Waals surface area contributed by atoms with Gasteiger partial charge in [0.1, 0.15) is 11.6 Å². The summed E-state index contributed by atoms with van der Waals surface area (Å²) in [5.74, 6) is -2.32. The van der Waals surface area contributed by atoms with E-state index in [4.69, 9.17) is 9.84 Å². The molecule has 1 fully saturated rings. The molecule has 0 aromatic heterocycles. The summed E-state index contributed by atoms with van der Waals surface area (Å²) in [6, 6.07) is -1.03. The van der Waals surface area contributed by atoms with E-state index in [0.717, 1.165) is 0 Å². The third kappa shape index (κ3) is 4.71. The van der Waals surface area contributed by atoms with Crippen LogP contribution in [0.3, 0.4) is 0 Å². The lowest BCUT2D eigenvalue weighted by Crippen LogP contribution is -2.51. The highest BCUT2D eigenvalue weighted by Gasteiger charge is 2.38. The van der Waals surface area contributed by atoms with Crippen molar-refractivity contribution in [3.05, 3.63) is 0 Å². The maximum atomic E-state index is 12.0. The van der Waals surface area contributed by atoms with Crippen molar-refractivity contribution in [2.45, 2.75) is 51.7 Å². The summed E-state index contributed by atoms with van der Waals surface area (Å²) in [5, 5.41) is 18.0. The third-order valence-corrected chi connectivity index (χ3v) is 3.09. The number of likely N-dealkylation sites (tertiary alicyclic amines) is 1. The van der Waals surface area contributed by atoms with Crippen molar-refractivity contribution in [2.24, 2.45) is 5.92 Å². The first-order valence-electron chi connectivity index (χ1n) is 6.54. The predicted molar refractivity (Wildman–Crippen MR) is 69.3 cm³/mol. The van der Waals surface area contributed by atoms with Crippen molar-refractivity contribution in [2.75, 3.05) is 6.54 Å². The van der Waals surface area contributed by atoms with Gasteiger partial charge in [-0.2, -0.15) is 0 Å². The van der Waals surface area contributed by atoms with Crippen molar-refractivity contribution in [3.8, 4) is 0 Å². The summed E-state index contributed by atoms with van der Waals surface area (Å²) in [4.78, 5) is 35.1. The normalized spacial score (nSPS) is 23.2. The second-order valence-electron chi connectivity index (χ2n) is 6.02. The Kier molecular flexibility index (Phi) is 4.97. The first-order chi connectivity index (χ1) is 9.10. The van der Waals surface area contributed by atoms with Gasteiger partial charge in [-0.15, -0.1) is 0 Å². The lowest BCUT2D eigenvalue weighted by molar-refractivity contribution is -0.147. The zero-order chi connectivity index (χ0) is 15.5. The molecule has 0 aromatic carbocycles. The van der Waals surface area contributed by atoms with E-state index in [1.54, 1.807) is 20.8 Å². The first-order valence-corrected chi connectivity index (χ1v) is 6.54. The molecule has 1 rings (SSSR count). The van der Waals surface area contributed by atoms with Crippen LogP contribution in [0.4, 0.5) is 4.79 Å². The van der Waals surface area contributed by atoms with Gasteiger partial charge < -0.3 is 14.9 Å². The van der Waals surface area contributed by atoms with E-state index in [1.165, 1.54) is 4.90 Å². The molecule has 0 aromatic rings. The van der Waals surface area contributed by atoms with Gasteiger partial charge in [0.2, 0.25) is 0 Å². The van der Waals surface area contributed by atoms with Crippen LogP contribution in [0.25, 0.3) is 0 Å². The molecule has 0 unspecified atom stereocenters. The standard InChI is InChI=1S/C13H21NO6/c1-13(2,3)20-12(19)14-5-4-8(7-10(15)16)6-9(14)11(17)18/h8-9H,4-7H2,1-3H3,(H,15,16)(H,17,18)/t8-,9+/m1/s1. The number of carboxylic acid groups (broad SMARTS) is 2. The van der Waals surface area contributed by atoms with Crippen molar-refractivity contribution < 1.29 is 29.3 Å². The Morgan fingerprint density at radius 2 is 1.85 bits per heavy atom. The number of carbonyl (C=O) groups is 3. The molecule has 0 aliphatic carbocycles. The van der Waals surface area contributed by atoms with E-state index in [0.29, 0.717) is 6.42 Å². The highest BCUT2D eigenvalue weighted by atomic mass is 16.6. The fourth-order valence-electron chi connectivity index (χ4n) is 2.24. The quantitative estimate of drug-likeness (QED) is 0.816. The molecule has 2 atom stereocenters. The van der Waals surface area contributed by atoms with Gasteiger partial charge in [0.25, 0.3) is 0 Å². The van der Waals surface area contributed by atoms with Crippen LogP contribution in [0.1, 0.15) is 40.0 Å². The number of carbonyl (C=O) groups excluding carboxylic acids is 1. The molecule has 1 amide bonds. The summed E-state index contributed by atoms with van der Waals surface area (Å²) in [5.41, 5.74) is -0.696. The third-order valence-electron chi connectivity index (χ3n) is 3.09. The summed E-state index contributed by atoms with van der Waals surface area (Å²) in [6.07, 6.45) is -0.138. The monoisotopic (exact) mass is 287 g/mol. The lowest BCUT2D eigenvalue weighted by atomic mass is 9.88. The Balaban J connectivity index is 2.75. The van der Waals surface area contributed by atoms with Crippen LogP contribution < -0.4 is 0 Å². The van der Waals surface area contributed by atoms with Crippen molar-refractivity contribution in [3.63, 3.8) is 0 Å². The minimum absolute atomic E-state index is 0.0774. The van der Waals surface area contributed by atoms with Crippen LogP contribution >= 0.6 is 0 Å². The summed E-state index contributed by atoms with van der Waals surface area (Å²) < 4.78 is 5.18. The Morgan fingerprint density at radius 1 is 1.25 bits per heavy atom. The van der Waals surface area contributed by atoms with Crippen LogP contribution in [-0.4, -0.2) is 51.3 Å². The van der Waals surface area contributed by atoms with E-state index in [2.05, 4.69) is 0 Å². The SMILES string of the molecule is CC(C)(C)OC(=O)N1CC[C@@H](CC(=O)O)C[C@H]1C(=O)O. The molecule has 7 heteroatoms. The van der Waals surface area contributed by atoms with Crippen molar-refractivity contribution >= 4 is 18.0 Å². The van der Waals surface area contributed by atoms with Crippen molar-refractivity contribution in [1.82, 2.24) is 4.90 Å². The number of aliphatic carboxylic acids is 2. The molecule has 1 aliphatic heterocycles. The summed E-state index contributed by atoms with van der Waals surface area (Å²) >= 11 is 0. The minimum atomic E-state index is -1.13. The van der Waals surface area contributed by atoms with E-state index in [9.17, 15) is 19.5 Å². The molecule has 2 N–H and O–H groups in total. The molecule has 0 radical (unpaired) electrons. The molecule has 0 spiro atoms. The van der Waals surface area contributed by atoms with E-state index in [1.807, 2.05) is 0 Å². The van der Waals surface area contributed by atoms with Crippen LogP contribution in [0, 0.1) is 5.92 Å². The predicted octanol–water partition coefficient (Wildman–Crippen LogP) is 1.56. The lowest BCUT2D eigenvalue weighted by Gasteiger charge is -2.37. The fraction of sp³-hybridized carbons (Fsp3) is 0.769. The van der Waals surface area contributed by atoms with Gasteiger partial charge in [-0.1, -0.05) is 0 Å². The molecule has 114 valence electrons. The maximum absolute atomic E-state index is 12.0. The van der Waals surface area contributed by atoms with Gasteiger partial charge in [-0.05, 0) is 39.5 Å². The fourth-order valence-corrected chi connectivity index (χ4v) is 2.24. The van der Waals surface area contributed by atoms with E-state index < -0.39 is 29.7 Å². The Labute approximate surface area is 117 Å². The van der Waals surface area contributed by atoms with Gasteiger partial charge in [0.15, 0.2) is 0 Å². The summed E-state index contributed by atoms with van der Waals surface area (Å²) in [7, 11) is 0. The molecule has 0 bridgehead atoms. The van der Waals surface area contributed by atoms with E-state index >= 15 is 0 Å². The zero-order valence-electron chi connectivity index (χ0n) is 12.0. The minimum Gasteiger partial charge on any atom is -0.481 e. The smallest absolute Gasteiger partial charge is 0.411 e. The maximum Gasteiger partial charge on any atom is 0.411 e. The topological polar surface area (TPSA) is 104 Å². The number of nitrogens with zero attached hydrogens (tertiary/aromatic N) is 1. The van der Waals surface area contributed by atoms with Gasteiger partial charge in [0.05, 0.1) is 0 Å². The molecule has 20 heavy (non-hydrogen) atoms. The highest BCUT2D eigenvalue weighted by molar-refractivity contribution is 5.80. The Morgan fingerprint density at radius 3 is 2.30 bits per heavy atom. The molecule has 1 aliphatic rings. The Hall–Kier alpha value is -1.79. The molecule has 1 saturated heterocycles.